The second-order valence-electron chi connectivity index (χ2n) is 10.7. The molecule has 3 unspecified atom stereocenters. The van der Waals surface area contributed by atoms with Crippen LogP contribution >= 0.6 is 0 Å². The van der Waals surface area contributed by atoms with Crippen LogP contribution in [0, 0.1) is 0 Å². The molecule has 1 aliphatic rings. The number of aliphatic hydroxyl groups is 1. The summed E-state index contributed by atoms with van der Waals surface area (Å²) in [5.74, 6) is 0.140. The Kier molecular flexibility index (Phi) is 11.3. The number of nitrogens with one attached hydrogen (secondary N) is 1. The van der Waals surface area contributed by atoms with Crippen LogP contribution in [0.15, 0.2) is 60.7 Å². The monoisotopic (exact) mass is 479 g/mol. The fourth-order valence-electron chi connectivity index (χ4n) is 5.79. The van der Waals surface area contributed by atoms with Gasteiger partial charge in [0.25, 0.3) is 0 Å². The molecule has 2 aromatic rings. The molecular formula is C30H46BNO3. The third-order valence-corrected chi connectivity index (χ3v) is 8.03. The van der Waals surface area contributed by atoms with E-state index in [1.165, 1.54) is 30.4 Å². The zero-order chi connectivity index (χ0) is 25.0. The maximum absolute atomic E-state index is 9.83. The van der Waals surface area contributed by atoms with Gasteiger partial charge in [0.15, 0.2) is 0 Å². The van der Waals surface area contributed by atoms with E-state index < -0.39 is 0 Å². The second-order valence-corrected chi connectivity index (χ2v) is 10.7. The summed E-state index contributed by atoms with van der Waals surface area (Å²) in [6.45, 7) is 10.2. The van der Waals surface area contributed by atoms with Crippen LogP contribution in [0.2, 0.25) is 5.82 Å². The van der Waals surface area contributed by atoms with Crippen LogP contribution in [0.25, 0.3) is 0 Å². The highest BCUT2D eigenvalue weighted by Crippen LogP contribution is 2.50. The Balaban J connectivity index is 2.05. The van der Waals surface area contributed by atoms with Crippen molar-refractivity contribution in [3.05, 3.63) is 71.8 Å². The SMILES string of the molecule is CCCCCC(C)(CC(B1OCCNCCO1)C(C)(CCCO)c1ccccc1)c1ccccc1. The lowest BCUT2D eigenvalue weighted by Gasteiger charge is -2.45. The highest BCUT2D eigenvalue weighted by Gasteiger charge is 2.48. The van der Waals surface area contributed by atoms with E-state index in [1.54, 1.807) is 0 Å². The molecule has 3 rings (SSSR count). The van der Waals surface area contributed by atoms with E-state index in [2.05, 4.69) is 86.8 Å². The Labute approximate surface area is 214 Å². The van der Waals surface area contributed by atoms with Gasteiger partial charge in [-0.05, 0) is 47.6 Å². The summed E-state index contributed by atoms with van der Waals surface area (Å²) < 4.78 is 12.9. The lowest BCUT2D eigenvalue weighted by atomic mass is 9.49. The molecule has 2 aromatic carbocycles. The standard InChI is InChI=1S/C30H46BNO3/c1-4-5-12-18-29(2,26-14-8-6-9-15-26)25-28(31-34-23-20-32-21-24-35-31)30(3,19-13-22-33)27-16-10-7-11-17-27/h6-11,14-17,28,32-33H,4-5,12-13,18-25H2,1-3H3. The number of hydrogen-bond acceptors (Lipinski definition) is 4. The summed E-state index contributed by atoms with van der Waals surface area (Å²) in [6.07, 6.45) is 7.43. The van der Waals surface area contributed by atoms with Crippen LogP contribution in [0.5, 0.6) is 0 Å². The van der Waals surface area contributed by atoms with Crippen molar-refractivity contribution >= 4 is 7.12 Å². The molecule has 0 bridgehead atoms. The molecule has 3 atom stereocenters. The normalized spacial score (nSPS) is 19.3. The molecule has 5 heteroatoms. The summed E-state index contributed by atoms with van der Waals surface area (Å²) in [6, 6.07) is 21.8. The van der Waals surface area contributed by atoms with Gasteiger partial charge in [-0.15, -0.1) is 0 Å². The number of hydrogen-bond donors (Lipinski definition) is 2. The van der Waals surface area contributed by atoms with E-state index in [-0.39, 0.29) is 30.4 Å². The molecule has 0 amide bonds. The minimum atomic E-state index is -0.282. The summed E-state index contributed by atoms with van der Waals surface area (Å²) >= 11 is 0. The quantitative estimate of drug-likeness (QED) is 0.268. The predicted molar refractivity (Wildman–Crippen MR) is 147 cm³/mol. The highest BCUT2D eigenvalue weighted by molar-refractivity contribution is 6.47. The van der Waals surface area contributed by atoms with E-state index in [0.717, 1.165) is 38.8 Å². The first-order chi connectivity index (χ1) is 17.0. The molecule has 0 aromatic heterocycles. The zero-order valence-corrected chi connectivity index (χ0v) is 22.2. The maximum Gasteiger partial charge on any atom is 0.461 e. The van der Waals surface area contributed by atoms with E-state index >= 15 is 0 Å². The largest absolute Gasteiger partial charge is 0.461 e. The van der Waals surface area contributed by atoms with Crippen molar-refractivity contribution < 1.29 is 14.4 Å². The van der Waals surface area contributed by atoms with E-state index in [4.69, 9.17) is 9.31 Å². The fourth-order valence-corrected chi connectivity index (χ4v) is 5.79. The summed E-state index contributed by atoms with van der Waals surface area (Å²) in [7, 11) is -0.282. The minimum Gasteiger partial charge on any atom is -0.410 e. The summed E-state index contributed by atoms with van der Waals surface area (Å²) in [5, 5.41) is 13.2. The number of aliphatic hydroxyl groups excluding tert-OH is 1. The van der Waals surface area contributed by atoms with Crippen molar-refractivity contribution in [2.24, 2.45) is 0 Å². The van der Waals surface area contributed by atoms with Gasteiger partial charge in [0.1, 0.15) is 0 Å². The zero-order valence-electron chi connectivity index (χ0n) is 22.2. The van der Waals surface area contributed by atoms with Gasteiger partial charge in [-0.1, -0.05) is 101 Å². The van der Waals surface area contributed by atoms with Crippen molar-refractivity contribution in [3.8, 4) is 0 Å². The van der Waals surface area contributed by atoms with Crippen molar-refractivity contribution in [1.82, 2.24) is 5.32 Å². The van der Waals surface area contributed by atoms with Crippen LogP contribution in [-0.2, 0) is 20.1 Å². The Morgan fingerprint density at radius 1 is 0.857 bits per heavy atom. The molecular weight excluding hydrogens is 433 g/mol. The molecule has 192 valence electrons. The van der Waals surface area contributed by atoms with Gasteiger partial charge in [-0.2, -0.15) is 0 Å². The van der Waals surface area contributed by atoms with Crippen LogP contribution in [-0.4, -0.2) is 45.1 Å². The lowest BCUT2D eigenvalue weighted by molar-refractivity contribution is 0.144. The van der Waals surface area contributed by atoms with Gasteiger partial charge in [0, 0.05) is 38.7 Å². The maximum atomic E-state index is 9.83. The van der Waals surface area contributed by atoms with E-state index in [9.17, 15) is 5.11 Å². The summed E-state index contributed by atoms with van der Waals surface area (Å²) in [5.41, 5.74) is 2.51. The Morgan fingerprint density at radius 3 is 2.03 bits per heavy atom. The van der Waals surface area contributed by atoms with Crippen LogP contribution in [0.1, 0.15) is 76.8 Å². The van der Waals surface area contributed by atoms with Gasteiger partial charge in [-0.25, -0.2) is 0 Å². The first-order valence-electron chi connectivity index (χ1n) is 13.7. The first-order valence-corrected chi connectivity index (χ1v) is 13.7. The van der Waals surface area contributed by atoms with Crippen molar-refractivity contribution in [2.75, 3.05) is 32.9 Å². The second kappa shape index (κ2) is 14.2. The highest BCUT2D eigenvalue weighted by atomic mass is 16.6. The molecule has 1 heterocycles. The van der Waals surface area contributed by atoms with Gasteiger partial charge in [-0.3, -0.25) is 0 Å². The number of unbranched alkanes of at least 4 members (excludes halogenated alkanes) is 2. The van der Waals surface area contributed by atoms with Gasteiger partial charge in [0.2, 0.25) is 0 Å². The predicted octanol–water partition coefficient (Wildman–Crippen LogP) is 6.14. The molecule has 1 fully saturated rings. The summed E-state index contributed by atoms with van der Waals surface area (Å²) in [4.78, 5) is 0. The Morgan fingerprint density at radius 2 is 1.46 bits per heavy atom. The van der Waals surface area contributed by atoms with Crippen LogP contribution in [0.4, 0.5) is 0 Å². The molecule has 0 spiro atoms. The molecule has 1 saturated heterocycles. The molecule has 0 radical (unpaired) electrons. The number of benzene rings is 2. The molecule has 1 aliphatic heterocycles. The smallest absolute Gasteiger partial charge is 0.410 e. The van der Waals surface area contributed by atoms with Crippen LogP contribution in [0.3, 0.4) is 0 Å². The van der Waals surface area contributed by atoms with Gasteiger partial charge >= 0.3 is 7.12 Å². The Bertz CT molecular complexity index is 828. The first kappa shape index (κ1) is 27.9. The Hall–Kier alpha value is -1.66. The van der Waals surface area contributed by atoms with Crippen LogP contribution < -0.4 is 5.32 Å². The minimum absolute atomic E-state index is 0.00366. The van der Waals surface area contributed by atoms with Crippen molar-refractivity contribution in [2.45, 2.75) is 82.4 Å². The average molecular weight is 480 g/mol. The number of rotatable bonds is 13. The van der Waals surface area contributed by atoms with Gasteiger partial charge in [0.05, 0.1) is 0 Å². The van der Waals surface area contributed by atoms with Crippen molar-refractivity contribution in [3.63, 3.8) is 0 Å². The van der Waals surface area contributed by atoms with Crippen molar-refractivity contribution in [1.29, 1.82) is 0 Å². The molecule has 0 saturated carbocycles. The third-order valence-electron chi connectivity index (χ3n) is 8.03. The molecule has 2 N–H and O–H groups in total. The fraction of sp³-hybridized carbons (Fsp3) is 0.600. The van der Waals surface area contributed by atoms with Gasteiger partial charge < -0.3 is 19.7 Å². The average Bonchev–Trinajstić information content (AvgIpc) is 2.87. The topological polar surface area (TPSA) is 50.7 Å². The molecule has 4 nitrogen and oxygen atoms in total. The van der Waals surface area contributed by atoms with E-state index in [1.807, 2.05) is 0 Å². The lowest BCUT2D eigenvalue weighted by Crippen LogP contribution is -2.47. The molecule has 35 heavy (non-hydrogen) atoms. The molecule has 0 aliphatic carbocycles. The van der Waals surface area contributed by atoms with E-state index in [0.29, 0.717) is 13.2 Å². The third kappa shape index (κ3) is 7.66.